The lowest BCUT2D eigenvalue weighted by atomic mass is 9.80. The number of pyridine rings is 1. The number of ether oxygens (including phenoxy) is 3. The minimum Gasteiger partial charge on any atom is -0.462 e. The van der Waals surface area contributed by atoms with Crippen LogP contribution >= 0.6 is 0 Å². The average Bonchev–Trinajstić information content (AvgIpc) is 3.53. The van der Waals surface area contributed by atoms with Crippen molar-refractivity contribution in [1.29, 1.82) is 0 Å². The largest absolute Gasteiger partial charge is 0.462 e. The zero-order chi connectivity index (χ0) is 27.1. The second-order valence-corrected chi connectivity index (χ2v) is 11.3. The standard InChI is InChI=1S/C26H35N3O8/c1-14(30)35-21-9-8-18-23(21)27-11-20(29(33)34)24(18)28-12-17(10-22(32)37-26(3,4)5)25(36-15(2)31)19(13-28)16-6-7-16/h11,16-17,19,21,25H,6-10,12-13H2,1-5H3/t17-,19-,21?,25+/m1/s1. The van der Waals surface area contributed by atoms with Gasteiger partial charge in [0.25, 0.3) is 0 Å². The highest BCUT2D eigenvalue weighted by Gasteiger charge is 2.49. The quantitative estimate of drug-likeness (QED) is 0.228. The van der Waals surface area contributed by atoms with E-state index in [0.29, 0.717) is 42.2 Å². The minimum atomic E-state index is -0.672. The van der Waals surface area contributed by atoms with Gasteiger partial charge in [0.1, 0.15) is 29.7 Å². The van der Waals surface area contributed by atoms with Crippen LogP contribution in [0.1, 0.15) is 77.7 Å². The summed E-state index contributed by atoms with van der Waals surface area (Å²) in [5, 5.41) is 12.1. The van der Waals surface area contributed by atoms with E-state index in [1.807, 2.05) is 4.90 Å². The molecular formula is C26H35N3O8. The number of hydrogen-bond acceptors (Lipinski definition) is 10. The molecule has 11 nitrogen and oxygen atoms in total. The molecule has 1 aliphatic heterocycles. The second kappa shape index (κ2) is 10.3. The van der Waals surface area contributed by atoms with Crippen LogP contribution < -0.4 is 4.90 Å². The maximum absolute atomic E-state index is 12.9. The number of carbonyl (C=O) groups is 3. The van der Waals surface area contributed by atoms with Crippen LogP contribution in [-0.4, -0.2) is 52.6 Å². The molecule has 2 heterocycles. The summed E-state index contributed by atoms with van der Waals surface area (Å²) >= 11 is 0. The molecule has 37 heavy (non-hydrogen) atoms. The van der Waals surface area contributed by atoms with Gasteiger partial charge in [-0.3, -0.25) is 24.5 Å². The third kappa shape index (κ3) is 6.19. The minimum absolute atomic E-state index is 0.0199. The lowest BCUT2D eigenvalue weighted by Crippen LogP contribution is -2.53. The predicted molar refractivity (Wildman–Crippen MR) is 132 cm³/mol. The van der Waals surface area contributed by atoms with E-state index in [2.05, 4.69) is 4.98 Å². The number of hydrogen-bond donors (Lipinski definition) is 0. The molecule has 0 aromatic carbocycles. The Hall–Kier alpha value is -3.24. The van der Waals surface area contributed by atoms with Crippen molar-refractivity contribution < 1.29 is 33.5 Å². The molecule has 1 unspecified atom stereocenters. The zero-order valence-electron chi connectivity index (χ0n) is 22.0. The van der Waals surface area contributed by atoms with E-state index in [1.165, 1.54) is 20.0 Å². The molecule has 3 aliphatic rings. The fourth-order valence-corrected chi connectivity index (χ4v) is 5.73. The molecule has 2 aliphatic carbocycles. The molecule has 4 atom stereocenters. The van der Waals surface area contributed by atoms with Crippen molar-refractivity contribution in [2.24, 2.45) is 17.8 Å². The smallest absolute Gasteiger partial charge is 0.310 e. The maximum atomic E-state index is 12.9. The predicted octanol–water partition coefficient (Wildman–Crippen LogP) is 3.67. The van der Waals surface area contributed by atoms with Crippen molar-refractivity contribution in [1.82, 2.24) is 4.98 Å². The van der Waals surface area contributed by atoms with Crippen LogP contribution in [0, 0.1) is 27.9 Å². The molecule has 4 rings (SSSR count). The topological polar surface area (TPSA) is 138 Å². The number of esters is 3. The third-order valence-electron chi connectivity index (χ3n) is 7.10. The van der Waals surface area contributed by atoms with Crippen LogP contribution in [0.25, 0.3) is 0 Å². The fourth-order valence-electron chi connectivity index (χ4n) is 5.73. The van der Waals surface area contributed by atoms with E-state index in [9.17, 15) is 24.5 Å². The summed E-state index contributed by atoms with van der Waals surface area (Å²) in [5.41, 5.74) is 0.875. The first kappa shape index (κ1) is 26.8. The van der Waals surface area contributed by atoms with Crippen LogP contribution in [0.3, 0.4) is 0 Å². The Balaban J connectivity index is 1.73. The Morgan fingerprint density at radius 3 is 2.35 bits per heavy atom. The summed E-state index contributed by atoms with van der Waals surface area (Å²) in [6.45, 7) is 8.77. The molecule has 1 saturated heterocycles. The summed E-state index contributed by atoms with van der Waals surface area (Å²) < 4.78 is 16.8. The summed E-state index contributed by atoms with van der Waals surface area (Å²) in [4.78, 5) is 54.4. The monoisotopic (exact) mass is 517 g/mol. The van der Waals surface area contributed by atoms with Gasteiger partial charge in [0.05, 0.1) is 17.0 Å². The van der Waals surface area contributed by atoms with Crippen molar-refractivity contribution in [2.75, 3.05) is 18.0 Å². The number of fused-ring (bicyclic) bond motifs is 1. The first-order valence-corrected chi connectivity index (χ1v) is 12.8. The molecule has 0 spiro atoms. The highest BCUT2D eigenvalue weighted by Crippen LogP contribution is 2.48. The van der Waals surface area contributed by atoms with Crippen molar-refractivity contribution in [3.8, 4) is 0 Å². The Morgan fingerprint density at radius 2 is 1.78 bits per heavy atom. The number of nitro groups is 1. The van der Waals surface area contributed by atoms with E-state index in [-0.39, 0.29) is 24.6 Å². The van der Waals surface area contributed by atoms with Crippen LogP contribution in [0.5, 0.6) is 0 Å². The van der Waals surface area contributed by atoms with Crippen molar-refractivity contribution in [3.05, 3.63) is 27.6 Å². The van der Waals surface area contributed by atoms with Crippen LogP contribution in [0.4, 0.5) is 11.4 Å². The molecule has 0 radical (unpaired) electrons. The molecule has 1 aromatic heterocycles. The molecule has 2 fully saturated rings. The number of rotatable bonds is 7. The van der Waals surface area contributed by atoms with Gasteiger partial charge in [-0.15, -0.1) is 0 Å². The number of nitrogens with zero attached hydrogens (tertiary/aromatic N) is 3. The Bertz CT molecular complexity index is 1090. The molecule has 1 aromatic rings. The average molecular weight is 518 g/mol. The van der Waals surface area contributed by atoms with Crippen molar-refractivity contribution in [3.63, 3.8) is 0 Å². The molecule has 202 valence electrons. The Kier molecular flexibility index (Phi) is 7.43. The Labute approximate surface area is 216 Å². The molecule has 0 amide bonds. The van der Waals surface area contributed by atoms with Gasteiger partial charge in [-0.25, -0.2) is 4.98 Å². The van der Waals surface area contributed by atoms with E-state index >= 15 is 0 Å². The summed E-state index contributed by atoms with van der Waals surface area (Å²) in [7, 11) is 0. The van der Waals surface area contributed by atoms with Crippen molar-refractivity contribution in [2.45, 2.75) is 84.5 Å². The Morgan fingerprint density at radius 1 is 1.11 bits per heavy atom. The van der Waals surface area contributed by atoms with Crippen LogP contribution in [-0.2, 0) is 35.0 Å². The van der Waals surface area contributed by atoms with E-state index < -0.39 is 46.6 Å². The van der Waals surface area contributed by atoms with Gasteiger partial charge in [-0.2, -0.15) is 0 Å². The van der Waals surface area contributed by atoms with Gasteiger partial charge in [-0.1, -0.05) is 0 Å². The third-order valence-corrected chi connectivity index (χ3v) is 7.10. The first-order chi connectivity index (χ1) is 17.3. The number of piperidine rings is 1. The first-order valence-electron chi connectivity index (χ1n) is 12.8. The van der Waals surface area contributed by atoms with Gasteiger partial charge >= 0.3 is 23.6 Å². The highest BCUT2D eigenvalue weighted by molar-refractivity contribution is 5.73. The van der Waals surface area contributed by atoms with Crippen molar-refractivity contribution >= 4 is 29.3 Å². The zero-order valence-corrected chi connectivity index (χ0v) is 22.0. The molecule has 11 heteroatoms. The summed E-state index contributed by atoms with van der Waals surface area (Å²) in [6.07, 6.45) is 3.12. The van der Waals surface area contributed by atoms with Crippen LogP contribution in [0.15, 0.2) is 6.20 Å². The molecule has 0 N–H and O–H groups in total. The normalized spacial score (nSPS) is 25.3. The SMILES string of the molecule is CC(=O)OC1CCc2c1ncc([N+](=O)[O-])c2N1C[C@@H](CC(=O)OC(C)(C)C)[C@H](OC(C)=O)[C@@H](C2CC2)C1. The summed E-state index contributed by atoms with van der Waals surface area (Å²) in [5.74, 6) is -1.45. The van der Waals surface area contributed by atoms with Crippen LogP contribution in [0.2, 0.25) is 0 Å². The summed E-state index contributed by atoms with van der Waals surface area (Å²) in [6, 6.07) is 0. The maximum Gasteiger partial charge on any atom is 0.310 e. The van der Waals surface area contributed by atoms with Gasteiger partial charge < -0.3 is 19.1 Å². The number of anilines is 1. The molecule has 0 bridgehead atoms. The second-order valence-electron chi connectivity index (χ2n) is 11.3. The van der Waals surface area contributed by atoms with E-state index in [0.717, 1.165) is 12.8 Å². The van der Waals surface area contributed by atoms with E-state index in [1.54, 1.807) is 20.8 Å². The molecular weight excluding hydrogens is 482 g/mol. The fraction of sp³-hybridized carbons (Fsp3) is 0.692. The van der Waals surface area contributed by atoms with Gasteiger partial charge in [0, 0.05) is 44.3 Å². The lowest BCUT2D eigenvalue weighted by molar-refractivity contribution is -0.384. The van der Waals surface area contributed by atoms with Gasteiger partial charge in [0.2, 0.25) is 0 Å². The van der Waals surface area contributed by atoms with Gasteiger partial charge in [0.15, 0.2) is 0 Å². The van der Waals surface area contributed by atoms with Gasteiger partial charge in [-0.05, 0) is 52.4 Å². The number of aromatic nitrogens is 1. The lowest BCUT2D eigenvalue weighted by Gasteiger charge is -2.44. The number of carbonyl (C=O) groups excluding carboxylic acids is 3. The van der Waals surface area contributed by atoms with E-state index in [4.69, 9.17) is 14.2 Å². The highest BCUT2D eigenvalue weighted by atomic mass is 16.6. The molecule has 1 saturated carbocycles.